The van der Waals surface area contributed by atoms with Crippen LogP contribution >= 0.6 is 11.3 Å². The van der Waals surface area contributed by atoms with Gasteiger partial charge in [0.15, 0.2) is 5.69 Å². The maximum Gasteiger partial charge on any atom is 0.355 e. The van der Waals surface area contributed by atoms with Crippen molar-refractivity contribution in [1.29, 1.82) is 0 Å². The highest BCUT2D eigenvalue weighted by Crippen LogP contribution is 2.18. The van der Waals surface area contributed by atoms with Gasteiger partial charge in [0, 0.05) is 5.38 Å². The smallest absolute Gasteiger partial charge is 0.355 e. The number of carboxylic acids is 1. The molecule has 1 aromatic heterocycles. The molecule has 0 bridgehead atoms. The summed E-state index contributed by atoms with van der Waals surface area (Å²) in [7, 11) is 0. The number of carboxylic acid groups (broad SMARTS) is 1. The van der Waals surface area contributed by atoms with Crippen LogP contribution in [0.15, 0.2) is 5.38 Å². The predicted molar refractivity (Wildman–Crippen MR) is 63.9 cm³/mol. The molecule has 1 heterocycles. The van der Waals surface area contributed by atoms with Gasteiger partial charge in [0.05, 0.1) is 11.6 Å². The Hall–Kier alpha value is -1.47. The topological polar surface area (TPSA) is 105 Å². The highest BCUT2D eigenvalue weighted by atomic mass is 32.1. The van der Waals surface area contributed by atoms with E-state index < -0.39 is 11.5 Å². The number of hydrogen-bond donors (Lipinski definition) is 3. The Bertz CT molecular complexity index is 436. The highest BCUT2D eigenvalue weighted by molar-refractivity contribution is 7.09. The summed E-state index contributed by atoms with van der Waals surface area (Å²) in [6.45, 7) is 4.92. The first-order valence-corrected chi connectivity index (χ1v) is 5.88. The van der Waals surface area contributed by atoms with Crippen molar-refractivity contribution < 1.29 is 14.7 Å². The van der Waals surface area contributed by atoms with Gasteiger partial charge in [0.2, 0.25) is 5.91 Å². The highest BCUT2D eigenvalue weighted by Gasteiger charge is 2.24. The second-order valence-electron chi connectivity index (χ2n) is 4.29. The maximum atomic E-state index is 11.6. The Balaban J connectivity index is 2.73. The molecule has 0 fully saturated rings. The molecule has 1 atom stereocenters. The number of carbonyl (C=O) groups is 2. The largest absolute Gasteiger partial charge is 0.476 e. The normalized spacial score (nSPS) is 13.2. The van der Waals surface area contributed by atoms with Crippen molar-refractivity contribution in [2.75, 3.05) is 0 Å². The molecule has 0 saturated carbocycles. The second kappa shape index (κ2) is 4.80. The average molecular weight is 257 g/mol. The fourth-order valence-electron chi connectivity index (χ4n) is 1.03. The molecule has 0 radical (unpaired) electrons. The van der Waals surface area contributed by atoms with Crippen LogP contribution in [-0.4, -0.2) is 27.5 Å². The van der Waals surface area contributed by atoms with Crippen molar-refractivity contribution in [3.63, 3.8) is 0 Å². The van der Waals surface area contributed by atoms with Crippen LogP contribution in [-0.2, 0) is 4.79 Å². The number of nitrogens with zero attached hydrogens (tertiary/aromatic N) is 1. The zero-order chi connectivity index (χ0) is 13.2. The Morgan fingerprint density at radius 2 is 2.18 bits per heavy atom. The van der Waals surface area contributed by atoms with Crippen molar-refractivity contribution in [1.82, 2.24) is 10.3 Å². The number of hydrogen-bond acceptors (Lipinski definition) is 5. The van der Waals surface area contributed by atoms with E-state index in [1.165, 1.54) is 16.7 Å². The molecule has 0 aromatic carbocycles. The molecule has 1 rings (SSSR count). The molecule has 0 aliphatic rings. The number of carbonyl (C=O) groups excluding carboxylic acids is 1. The lowest BCUT2D eigenvalue weighted by atomic mass is 10.1. The van der Waals surface area contributed by atoms with Gasteiger partial charge in [-0.2, -0.15) is 0 Å². The number of nitrogens with one attached hydrogen (secondary N) is 1. The summed E-state index contributed by atoms with van der Waals surface area (Å²) < 4.78 is 0. The lowest BCUT2D eigenvalue weighted by Gasteiger charge is -2.20. The molecule has 0 aliphatic heterocycles. The molecule has 1 aromatic rings. The van der Waals surface area contributed by atoms with E-state index in [-0.39, 0.29) is 17.6 Å². The average Bonchev–Trinajstić information content (AvgIpc) is 2.64. The van der Waals surface area contributed by atoms with Crippen LogP contribution in [0.5, 0.6) is 0 Å². The van der Waals surface area contributed by atoms with Gasteiger partial charge in [0.1, 0.15) is 5.01 Å². The summed E-state index contributed by atoms with van der Waals surface area (Å²) >= 11 is 1.19. The quantitative estimate of drug-likeness (QED) is 0.738. The van der Waals surface area contributed by atoms with Crippen molar-refractivity contribution in [3.8, 4) is 0 Å². The molecular weight excluding hydrogens is 242 g/mol. The molecule has 0 saturated heterocycles. The third-order valence-electron chi connectivity index (χ3n) is 2.04. The molecule has 4 N–H and O–H groups in total. The summed E-state index contributed by atoms with van der Waals surface area (Å²) in [6, 6.07) is -0.358. The number of amides is 1. The third kappa shape index (κ3) is 3.50. The molecule has 0 spiro atoms. The fourth-order valence-corrected chi connectivity index (χ4v) is 1.83. The van der Waals surface area contributed by atoms with Gasteiger partial charge in [-0.15, -0.1) is 11.3 Å². The van der Waals surface area contributed by atoms with E-state index in [0.717, 1.165) is 0 Å². The van der Waals surface area contributed by atoms with Crippen LogP contribution in [0.1, 0.15) is 42.3 Å². The number of aromatic nitrogens is 1. The van der Waals surface area contributed by atoms with Crippen LogP contribution in [0.3, 0.4) is 0 Å². The van der Waals surface area contributed by atoms with E-state index in [9.17, 15) is 9.59 Å². The molecule has 7 heteroatoms. The minimum Gasteiger partial charge on any atom is -0.476 e. The van der Waals surface area contributed by atoms with E-state index in [4.69, 9.17) is 10.8 Å². The molecular formula is C10H15N3O3S. The number of rotatable bonds is 4. The zero-order valence-corrected chi connectivity index (χ0v) is 10.7. The summed E-state index contributed by atoms with van der Waals surface area (Å²) in [4.78, 5) is 26.2. The van der Waals surface area contributed by atoms with Crippen LogP contribution in [0, 0.1) is 0 Å². The Kier molecular flexibility index (Phi) is 3.84. The molecule has 17 heavy (non-hydrogen) atoms. The monoisotopic (exact) mass is 257 g/mol. The van der Waals surface area contributed by atoms with E-state index in [0.29, 0.717) is 5.01 Å². The van der Waals surface area contributed by atoms with E-state index in [1.54, 1.807) is 20.8 Å². The third-order valence-corrected chi connectivity index (χ3v) is 3.07. The van der Waals surface area contributed by atoms with Crippen LogP contribution in [0.2, 0.25) is 0 Å². The van der Waals surface area contributed by atoms with Crippen LogP contribution < -0.4 is 11.1 Å². The fraction of sp³-hybridized carbons (Fsp3) is 0.500. The molecule has 1 unspecified atom stereocenters. The summed E-state index contributed by atoms with van der Waals surface area (Å²) in [6.07, 6.45) is 0. The summed E-state index contributed by atoms with van der Waals surface area (Å²) in [5.41, 5.74) is 4.65. The van der Waals surface area contributed by atoms with Gasteiger partial charge in [-0.3, -0.25) is 4.79 Å². The second-order valence-corrected chi connectivity index (χ2v) is 5.18. The first-order valence-electron chi connectivity index (χ1n) is 5.00. The predicted octanol–water partition coefficient (Wildman–Crippen LogP) is 0.756. The molecule has 94 valence electrons. The summed E-state index contributed by atoms with van der Waals surface area (Å²) in [5, 5.41) is 13.4. The first kappa shape index (κ1) is 13.6. The van der Waals surface area contributed by atoms with Gasteiger partial charge in [-0.1, -0.05) is 0 Å². The van der Waals surface area contributed by atoms with Crippen LogP contribution in [0.4, 0.5) is 0 Å². The van der Waals surface area contributed by atoms with E-state index >= 15 is 0 Å². The maximum absolute atomic E-state index is 11.6. The molecule has 1 amide bonds. The van der Waals surface area contributed by atoms with Gasteiger partial charge in [0.25, 0.3) is 0 Å². The van der Waals surface area contributed by atoms with Gasteiger partial charge in [-0.25, -0.2) is 9.78 Å². The Labute approximate surface area is 103 Å². The van der Waals surface area contributed by atoms with Gasteiger partial charge < -0.3 is 16.2 Å². The minimum atomic E-state index is -1.08. The van der Waals surface area contributed by atoms with Crippen molar-refractivity contribution in [2.45, 2.75) is 32.4 Å². The molecule has 6 nitrogen and oxygen atoms in total. The summed E-state index contributed by atoms with van der Waals surface area (Å²) in [5.74, 6) is -1.39. The Morgan fingerprint density at radius 3 is 2.59 bits per heavy atom. The zero-order valence-electron chi connectivity index (χ0n) is 9.85. The number of thiazole rings is 1. The van der Waals surface area contributed by atoms with E-state index in [1.807, 2.05) is 0 Å². The van der Waals surface area contributed by atoms with Crippen molar-refractivity contribution in [3.05, 3.63) is 16.1 Å². The SMILES string of the molecule is CC(NC(=O)C(C)(C)N)c1nc(C(=O)O)cs1. The lowest BCUT2D eigenvalue weighted by molar-refractivity contribution is -0.125. The number of nitrogens with two attached hydrogens (primary N) is 1. The lowest BCUT2D eigenvalue weighted by Crippen LogP contribution is -2.49. The molecule has 0 aliphatic carbocycles. The van der Waals surface area contributed by atoms with Crippen molar-refractivity contribution >= 4 is 23.2 Å². The first-order chi connectivity index (χ1) is 7.71. The van der Waals surface area contributed by atoms with E-state index in [2.05, 4.69) is 10.3 Å². The standard InChI is InChI=1S/C10H15N3O3S/c1-5(12-9(16)10(2,3)11)7-13-6(4-17-7)8(14)15/h4-5H,11H2,1-3H3,(H,12,16)(H,14,15). The Morgan fingerprint density at radius 1 is 1.59 bits per heavy atom. The minimum absolute atomic E-state index is 0.0156. The number of aromatic carboxylic acids is 1. The van der Waals surface area contributed by atoms with Crippen molar-refractivity contribution in [2.24, 2.45) is 5.73 Å². The van der Waals surface area contributed by atoms with Gasteiger partial charge >= 0.3 is 5.97 Å². The van der Waals surface area contributed by atoms with Crippen LogP contribution in [0.25, 0.3) is 0 Å². The van der Waals surface area contributed by atoms with Gasteiger partial charge in [-0.05, 0) is 20.8 Å².